The number of nitrogens with zero attached hydrogens (tertiary/aromatic N) is 2. The summed E-state index contributed by atoms with van der Waals surface area (Å²) in [5.74, 6) is -0.0342. The fourth-order valence-corrected chi connectivity index (χ4v) is 3.55. The van der Waals surface area contributed by atoms with Crippen LogP contribution in [0.5, 0.6) is 0 Å². The van der Waals surface area contributed by atoms with Crippen molar-refractivity contribution in [2.24, 2.45) is 0 Å². The molecule has 1 aliphatic rings. The van der Waals surface area contributed by atoms with Crippen LogP contribution in [-0.4, -0.2) is 73.8 Å². The molecule has 1 unspecified atom stereocenters. The molecule has 0 spiro atoms. The molecule has 0 aliphatic carbocycles. The van der Waals surface area contributed by atoms with Crippen LogP contribution in [0.1, 0.15) is 24.2 Å². The lowest BCUT2D eigenvalue weighted by molar-refractivity contribution is 0.0554. The first-order chi connectivity index (χ1) is 10.8. The number of aliphatic hydroxyl groups excluding tert-OH is 1. The Balaban J connectivity index is 1.99. The minimum Gasteiger partial charge on any atom is -0.392 e. The zero-order valence-electron chi connectivity index (χ0n) is 13.6. The number of carbonyl (C=O) groups excluding carboxylic acids is 1. The van der Waals surface area contributed by atoms with Gasteiger partial charge in [-0.05, 0) is 31.2 Å². The van der Waals surface area contributed by atoms with E-state index in [9.17, 15) is 18.3 Å². The van der Waals surface area contributed by atoms with E-state index in [2.05, 4.69) is 4.90 Å². The van der Waals surface area contributed by atoms with Crippen molar-refractivity contribution in [3.05, 3.63) is 29.8 Å². The van der Waals surface area contributed by atoms with Crippen LogP contribution in [0.25, 0.3) is 0 Å². The molecule has 1 saturated heterocycles. The van der Waals surface area contributed by atoms with Gasteiger partial charge in [0.2, 0.25) is 0 Å². The number of amides is 1. The molecule has 1 heterocycles. The summed E-state index contributed by atoms with van der Waals surface area (Å²) in [6.45, 7) is 6.66. The van der Waals surface area contributed by atoms with Gasteiger partial charge >= 0.3 is 0 Å². The van der Waals surface area contributed by atoms with Gasteiger partial charge < -0.3 is 10.0 Å². The van der Waals surface area contributed by atoms with Crippen LogP contribution in [0.2, 0.25) is 0 Å². The average Bonchev–Trinajstić information content (AvgIpc) is 2.54. The predicted molar refractivity (Wildman–Crippen MR) is 88.2 cm³/mol. The third kappa shape index (κ3) is 4.53. The Morgan fingerprint density at radius 1 is 1.17 bits per heavy atom. The Bertz CT molecular complexity index is 633. The molecule has 1 amide bonds. The van der Waals surface area contributed by atoms with E-state index in [-0.39, 0.29) is 22.7 Å². The molecular formula is C16H24N2O4S. The van der Waals surface area contributed by atoms with Gasteiger partial charge in [-0.25, -0.2) is 8.42 Å². The van der Waals surface area contributed by atoms with Gasteiger partial charge in [0, 0.05) is 38.3 Å². The number of aliphatic hydroxyl groups is 1. The minimum absolute atomic E-state index is 0.0472. The highest BCUT2D eigenvalue weighted by molar-refractivity contribution is 7.91. The molecule has 1 aromatic rings. The number of sulfone groups is 1. The van der Waals surface area contributed by atoms with E-state index in [4.69, 9.17) is 0 Å². The number of β-amino-alcohol motifs (C(OH)–C–C–N with tert-alkyl or cyclic N) is 1. The molecule has 0 saturated carbocycles. The highest BCUT2D eigenvalue weighted by atomic mass is 32.2. The Morgan fingerprint density at radius 2 is 1.74 bits per heavy atom. The fraction of sp³-hybridized carbons (Fsp3) is 0.562. The zero-order chi connectivity index (χ0) is 17.0. The van der Waals surface area contributed by atoms with E-state index in [1.165, 1.54) is 12.1 Å². The first kappa shape index (κ1) is 17.9. The number of hydrogen-bond donors (Lipinski definition) is 1. The molecule has 1 atom stereocenters. The van der Waals surface area contributed by atoms with Crippen LogP contribution in [0.4, 0.5) is 0 Å². The third-order valence-corrected chi connectivity index (χ3v) is 5.77. The summed E-state index contributed by atoms with van der Waals surface area (Å²) in [5.41, 5.74) is 0.504. The number of benzene rings is 1. The maximum atomic E-state index is 12.5. The third-order valence-electron chi connectivity index (χ3n) is 4.02. The van der Waals surface area contributed by atoms with Crippen LogP contribution >= 0.6 is 0 Å². The summed E-state index contributed by atoms with van der Waals surface area (Å²) >= 11 is 0. The van der Waals surface area contributed by atoms with Crippen LogP contribution in [0.3, 0.4) is 0 Å². The maximum absolute atomic E-state index is 12.5. The molecule has 1 N–H and O–H groups in total. The quantitative estimate of drug-likeness (QED) is 0.850. The van der Waals surface area contributed by atoms with E-state index in [1.807, 2.05) is 0 Å². The first-order valence-electron chi connectivity index (χ1n) is 7.86. The van der Waals surface area contributed by atoms with Gasteiger partial charge in [-0.1, -0.05) is 6.92 Å². The topological polar surface area (TPSA) is 77.9 Å². The molecular weight excluding hydrogens is 316 g/mol. The molecule has 1 aromatic carbocycles. The smallest absolute Gasteiger partial charge is 0.253 e. The van der Waals surface area contributed by atoms with Crippen molar-refractivity contribution in [2.75, 3.05) is 38.5 Å². The monoisotopic (exact) mass is 340 g/mol. The summed E-state index contributed by atoms with van der Waals surface area (Å²) in [4.78, 5) is 16.6. The van der Waals surface area contributed by atoms with Gasteiger partial charge in [-0.15, -0.1) is 0 Å². The summed E-state index contributed by atoms with van der Waals surface area (Å²) in [5, 5.41) is 9.40. The highest BCUT2D eigenvalue weighted by Crippen LogP contribution is 2.15. The average molecular weight is 340 g/mol. The summed E-state index contributed by atoms with van der Waals surface area (Å²) in [6.07, 6.45) is -0.370. The van der Waals surface area contributed by atoms with E-state index in [1.54, 1.807) is 30.9 Å². The van der Waals surface area contributed by atoms with Crippen molar-refractivity contribution in [3.63, 3.8) is 0 Å². The van der Waals surface area contributed by atoms with E-state index >= 15 is 0 Å². The SMILES string of the molecule is CCS(=O)(=O)c1ccc(C(=O)N2CCN(CC(C)O)CC2)cc1. The maximum Gasteiger partial charge on any atom is 0.253 e. The molecule has 0 bridgehead atoms. The molecule has 7 heteroatoms. The van der Waals surface area contributed by atoms with Crippen molar-refractivity contribution in [1.29, 1.82) is 0 Å². The number of hydrogen-bond acceptors (Lipinski definition) is 5. The van der Waals surface area contributed by atoms with Gasteiger partial charge in [0.25, 0.3) is 5.91 Å². The fourth-order valence-electron chi connectivity index (χ4n) is 2.66. The summed E-state index contributed by atoms with van der Waals surface area (Å²) < 4.78 is 23.6. The minimum atomic E-state index is -3.24. The molecule has 1 fully saturated rings. The van der Waals surface area contributed by atoms with Crippen LogP contribution in [0.15, 0.2) is 29.2 Å². The van der Waals surface area contributed by atoms with Crippen molar-refractivity contribution >= 4 is 15.7 Å². The van der Waals surface area contributed by atoms with Gasteiger partial charge in [0.05, 0.1) is 16.8 Å². The largest absolute Gasteiger partial charge is 0.392 e. The van der Waals surface area contributed by atoms with Gasteiger partial charge in [0.15, 0.2) is 9.84 Å². The van der Waals surface area contributed by atoms with Crippen molar-refractivity contribution in [1.82, 2.24) is 9.80 Å². The number of carbonyl (C=O) groups is 1. The molecule has 23 heavy (non-hydrogen) atoms. The summed E-state index contributed by atoms with van der Waals surface area (Å²) in [6, 6.07) is 6.14. The Morgan fingerprint density at radius 3 is 2.22 bits per heavy atom. The Kier molecular flexibility index (Phi) is 5.78. The first-order valence-corrected chi connectivity index (χ1v) is 9.51. The highest BCUT2D eigenvalue weighted by Gasteiger charge is 2.23. The van der Waals surface area contributed by atoms with Crippen molar-refractivity contribution in [2.45, 2.75) is 24.8 Å². The van der Waals surface area contributed by atoms with Crippen molar-refractivity contribution in [3.8, 4) is 0 Å². The standard InChI is InChI=1S/C16H24N2O4S/c1-3-23(21,22)15-6-4-14(5-7-15)16(20)18-10-8-17(9-11-18)12-13(2)19/h4-7,13,19H,3,8-12H2,1-2H3. The summed E-state index contributed by atoms with van der Waals surface area (Å²) in [7, 11) is -3.24. The Hall–Kier alpha value is -1.44. The molecule has 2 rings (SSSR count). The number of rotatable bonds is 5. The second-order valence-electron chi connectivity index (χ2n) is 5.87. The van der Waals surface area contributed by atoms with Gasteiger partial charge in [-0.3, -0.25) is 9.69 Å². The molecule has 128 valence electrons. The van der Waals surface area contributed by atoms with Crippen molar-refractivity contribution < 1.29 is 18.3 Å². The van der Waals surface area contributed by atoms with E-state index < -0.39 is 9.84 Å². The van der Waals surface area contributed by atoms with Crippen LogP contribution < -0.4 is 0 Å². The lowest BCUT2D eigenvalue weighted by Gasteiger charge is -2.35. The predicted octanol–water partition coefficient (Wildman–Crippen LogP) is 0.619. The number of piperazine rings is 1. The normalized spacial score (nSPS) is 18.0. The molecule has 6 nitrogen and oxygen atoms in total. The van der Waals surface area contributed by atoms with Crippen LogP contribution in [0, 0.1) is 0 Å². The molecule has 0 radical (unpaired) electrons. The Labute approximate surface area is 137 Å². The lowest BCUT2D eigenvalue weighted by atomic mass is 10.2. The molecule has 1 aliphatic heterocycles. The van der Waals surface area contributed by atoms with Crippen LogP contribution in [-0.2, 0) is 9.84 Å². The second-order valence-corrected chi connectivity index (χ2v) is 8.15. The zero-order valence-corrected chi connectivity index (χ0v) is 14.4. The second kappa shape index (κ2) is 7.42. The van der Waals surface area contributed by atoms with Gasteiger partial charge in [-0.2, -0.15) is 0 Å². The van der Waals surface area contributed by atoms with Gasteiger partial charge in [0.1, 0.15) is 0 Å². The lowest BCUT2D eigenvalue weighted by Crippen LogP contribution is -2.50. The van der Waals surface area contributed by atoms with E-state index in [0.29, 0.717) is 25.2 Å². The van der Waals surface area contributed by atoms with E-state index in [0.717, 1.165) is 13.1 Å². The molecule has 0 aromatic heterocycles.